The van der Waals surface area contributed by atoms with Crippen LogP contribution >= 0.6 is 0 Å². The van der Waals surface area contributed by atoms with E-state index in [-0.39, 0.29) is 5.56 Å². The molecule has 32 heavy (non-hydrogen) atoms. The molecule has 2 aromatic carbocycles. The molecule has 172 valence electrons. The molecule has 2 aromatic rings. The Labute approximate surface area is 192 Å². The van der Waals surface area contributed by atoms with Crippen LogP contribution in [-0.4, -0.2) is 59.1 Å². The molecule has 0 spiro atoms. The van der Waals surface area contributed by atoms with Crippen LogP contribution in [0.25, 0.3) is 0 Å². The Morgan fingerprint density at radius 2 is 1.75 bits per heavy atom. The SMILES string of the molecule is Cc1ccc(CN=C(Nc2cccc(C(=O)O)c2)N2CCN(C(C)CC(C)C)CC2)cc1. The van der Waals surface area contributed by atoms with Gasteiger partial charge >= 0.3 is 5.97 Å². The minimum absolute atomic E-state index is 0.264. The summed E-state index contributed by atoms with van der Waals surface area (Å²) in [4.78, 5) is 21.1. The van der Waals surface area contributed by atoms with Crippen molar-refractivity contribution < 1.29 is 9.90 Å². The Hall–Kier alpha value is -2.86. The topological polar surface area (TPSA) is 68.2 Å². The Morgan fingerprint density at radius 3 is 2.38 bits per heavy atom. The molecular weight excluding hydrogens is 400 g/mol. The third-order valence-corrected chi connectivity index (χ3v) is 5.95. The van der Waals surface area contributed by atoms with Gasteiger partial charge in [-0.25, -0.2) is 9.79 Å². The van der Waals surface area contributed by atoms with E-state index in [2.05, 4.69) is 67.1 Å². The molecule has 0 aromatic heterocycles. The number of carbonyl (C=O) groups is 1. The zero-order chi connectivity index (χ0) is 23.1. The number of benzene rings is 2. The zero-order valence-corrected chi connectivity index (χ0v) is 19.7. The maximum Gasteiger partial charge on any atom is 0.335 e. The van der Waals surface area contributed by atoms with Crippen molar-refractivity contribution in [3.05, 3.63) is 65.2 Å². The molecule has 1 saturated heterocycles. The first-order valence-electron chi connectivity index (χ1n) is 11.5. The highest BCUT2D eigenvalue weighted by Gasteiger charge is 2.23. The van der Waals surface area contributed by atoms with Gasteiger partial charge in [-0.3, -0.25) is 4.90 Å². The van der Waals surface area contributed by atoms with Gasteiger partial charge in [0, 0.05) is 37.9 Å². The van der Waals surface area contributed by atoms with E-state index in [1.54, 1.807) is 18.2 Å². The molecule has 3 rings (SSSR count). The minimum Gasteiger partial charge on any atom is -0.478 e. The van der Waals surface area contributed by atoms with Crippen LogP contribution in [0.4, 0.5) is 5.69 Å². The highest BCUT2D eigenvalue weighted by molar-refractivity contribution is 5.95. The molecule has 1 atom stereocenters. The van der Waals surface area contributed by atoms with Crippen LogP contribution in [-0.2, 0) is 6.54 Å². The highest BCUT2D eigenvalue weighted by atomic mass is 16.4. The third kappa shape index (κ3) is 6.82. The lowest BCUT2D eigenvalue weighted by Crippen LogP contribution is -2.53. The number of carboxylic acids is 1. The molecule has 1 aliphatic heterocycles. The van der Waals surface area contributed by atoms with Gasteiger partial charge in [0.05, 0.1) is 12.1 Å². The molecule has 0 radical (unpaired) electrons. The Kier molecular flexibility index (Phi) is 8.28. The number of aryl methyl sites for hydroxylation is 1. The lowest BCUT2D eigenvalue weighted by atomic mass is 10.0. The van der Waals surface area contributed by atoms with E-state index in [4.69, 9.17) is 4.99 Å². The lowest BCUT2D eigenvalue weighted by molar-refractivity contribution is 0.0697. The van der Waals surface area contributed by atoms with Gasteiger partial charge in [0.25, 0.3) is 0 Å². The minimum atomic E-state index is -0.931. The number of aliphatic imine (C=N–C) groups is 1. The highest BCUT2D eigenvalue weighted by Crippen LogP contribution is 2.17. The van der Waals surface area contributed by atoms with E-state index >= 15 is 0 Å². The normalized spacial score (nSPS) is 16.3. The fourth-order valence-electron chi connectivity index (χ4n) is 4.14. The quantitative estimate of drug-likeness (QED) is 0.486. The summed E-state index contributed by atoms with van der Waals surface area (Å²) in [5, 5.41) is 12.7. The average Bonchev–Trinajstić information content (AvgIpc) is 2.77. The number of aromatic carboxylic acids is 1. The number of rotatable bonds is 7. The second-order valence-corrected chi connectivity index (χ2v) is 9.14. The molecule has 1 unspecified atom stereocenters. The summed E-state index contributed by atoms with van der Waals surface area (Å²) in [7, 11) is 0. The standard InChI is InChI=1S/C26H36N4O2/c1-19(2)16-21(4)29-12-14-30(15-13-29)26(27-18-22-10-8-20(3)9-11-22)28-24-7-5-6-23(17-24)25(31)32/h5-11,17,19,21H,12-16,18H2,1-4H3,(H,27,28)(H,31,32). The number of guanidine groups is 1. The summed E-state index contributed by atoms with van der Waals surface area (Å²) in [6.07, 6.45) is 1.20. The van der Waals surface area contributed by atoms with Crippen LogP contribution in [0, 0.1) is 12.8 Å². The number of piperazine rings is 1. The summed E-state index contributed by atoms with van der Waals surface area (Å²) in [6, 6.07) is 15.9. The van der Waals surface area contributed by atoms with E-state index in [9.17, 15) is 9.90 Å². The largest absolute Gasteiger partial charge is 0.478 e. The Balaban J connectivity index is 1.75. The van der Waals surface area contributed by atoms with Crippen LogP contribution in [0.1, 0.15) is 48.7 Å². The van der Waals surface area contributed by atoms with Crippen molar-refractivity contribution >= 4 is 17.6 Å². The van der Waals surface area contributed by atoms with Gasteiger partial charge in [-0.1, -0.05) is 49.7 Å². The fraction of sp³-hybridized carbons (Fsp3) is 0.462. The predicted molar refractivity (Wildman–Crippen MR) is 131 cm³/mol. The van der Waals surface area contributed by atoms with Crippen molar-refractivity contribution in [3.8, 4) is 0 Å². The van der Waals surface area contributed by atoms with Crippen molar-refractivity contribution in [2.75, 3.05) is 31.5 Å². The average molecular weight is 437 g/mol. The molecule has 6 nitrogen and oxygen atoms in total. The number of nitrogens with one attached hydrogen (secondary N) is 1. The lowest BCUT2D eigenvalue weighted by Gasteiger charge is -2.40. The van der Waals surface area contributed by atoms with E-state index < -0.39 is 5.97 Å². The van der Waals surface area contributed by atoms with Gasteiger partial charge in [-0.05, 0) is 49.9 Å². The molecule has 0 aliphatic carbocycles. The van der Waals surface area contributed by atoms with E-state index in [0.29, 0.717) is 18.5 Å². The first-order valence-corrected chi connectivity index (χ1v) is 11.5. The maximum atomic E-state index is 11.4. The molecule has 1 heterocycles. The molecule has 1 aliphatic rings. The van der Waals surface area contributed by atoms with Gasteiger partial charge in [0.1, 0.15) is 0 Å². The molecule has 1 fully saturated rings. The molecule has 6 heteroatoms. The monoisotopic (exact) mass is 436 g/mol. The summed E-state index contributed by atoms with van der Waals surface area (Å²) in [5.74, 6) is 0.557. The number of anilines is 1. The first kappa shape index (κ1) is 23.8. The fourth-order valence-corrected chi connectivity index (χ4v) is 4.14. The summed E-state index contributed by atoms with van der Waals surface area (Å²) < 4.78 is 0. The van der Waals surface area contributed by atoms with Gasteiger partial charge < -0.3 is 15.3 Å². The van der Waals surface area contributed by atoms with Crippen molar-refractivity contribution in [2.45, 2.75) is 46.7 Å². The summed E-state index contributed by atoms with van der Waals surface area (Å²) in [5.41, 5.74) is 3.38. The molecule has 2 N–H and O–H groups in total. The number of hydrogen-bond donors (Lipinski definition) is 2. The first-order chi connectivity index (χ1) is 15.3. The Bertz CT molecular complexity index is 916. The number of hydrogen-bond acceptors (Lipinski definition) is 3. The predicted octanol–water partition coefficient (Wildman–Crippen LogP) is 4.71. The zero-order valence-electron chi connectivity index (χ0n) is 19.7. The summed E-state index contributed by atoms with van der Waals surface area (Å²) >= 11 is 0. The van der Waals surface area contributed by atoms with Gasteiger partial charge in [-0.2, -0.15) is 0 Å². The van der Waals surface area contributed by atoms with Crippen LogP contribution < -0.4 is 5.32 Å². The van der Waals surface area contributed by atoms with Crippen LogP contribution in [0.5, 0.6) is 0 Å². The molecule has 0 bridgehead atoms. The van der Waals surface area contributed by atoms with Crippen LogP contribution in [0.3, 0.4) is 0 Å². The van der Waals surface area contributed by atoms with Crippen molar-refractivity contribution in [3.63, 3.8) is 0 Å². The number of carboxylic acid groups (broad SMARTS) is 1. The molecular formula is C26H36N4O2. The molecule has 0 saturated carbocycles. The van der Waals surface area contributed by atoms with E-state index in [0.717, 1.165) is 43.4 Å². The van der Waals surface area contributed by atoms with Gasteiger partial charge in [0.15, 0.2) is 5.96 Å². The number of nitrogens with zero attached hydrogens (tertiary/aromatic N) is 3. The maximum absolute atomic E-state index is 11.4. The third-order valence-electron chi connectivity index (χ3n) is 5.95. The second-order valence-electron chi connectivity index (χ2n) is 9.14. The summed E-state index contributed by atoms with van der Waals surface area (Å²) in [6.45, 7) is 13.3. The van der Waals surface area contributed by atoms with Gasteiger partial charge in [-0.15, -0.1) is 0 Å². The Morgan fingerprint density at radius 1 is 1.06 bits per heavy atom. The van der Waals surface area contributed by atoms with E-state index in [1.165, 1.54) is 12.0 Å². The van der Waals surface area contributed by atoms with E-state index in [1.807, 2.05) is 6.07 Å². The van der Waals surface area contributed by atoms with Crippen molar-refractivity contribution in [2.24, 2.45) is 10.9 Å². The van der Waals surface area contributed by atoms with Crippen LogP contribution in [0.15, 0.2) is 53.5 Å². The molecule has 0 amide bonds. The van der Waals surface area contributed by atoms with Crippen LogP contribution in [0.2, 0.25) is 0 Å². The van der Waals surface area contributed by atoms with Crippen molar-refractivity contribution in [1.29, 1.82) is 0 Å². The van der Waals surface area contributed by atoms with Crippen molar-refractivity contribution in [1.82, 2.24) is 9.80 Å². The second kappa shape index (κ2) is 11.1. The van der Waals surface area contributed by atoms with Gasteiger partial charge in [0.2, 0.25) is 0 Å². The smallest absolute Gasteiger partial charge is 0.335 e.